The van der Waals surface area contributed by atoms with Crippen molar-refractivity contribution in [1.29, 1.82) is 0 Å². The van der Waals surface area contributed by atoms with E-state index in [9.17, 15) is 9.59 Å². The molecule has 5 nitrogen and oxygen atoms in total. The van der Waals surface area contributed by atoms with E-state index < -0.39 is 18.1 Å². The molecule has 0 heterocycles. The van der Waals surface area contributed by atoms with Crippen LogP contribution in [0.15, 0.2) is 0 Å². The highest BCUT2D eigenvalue weighted by atomic mass is 16.5. The predicted molar refractivity (Wildman–Crippen MR) is 60.2 cm³/mol. The van der Waals surface area contributed by atoms with Gasteiger partial charge in [0.25, 0.3) is 0 Å². The number of alkyl carbamates (subject to hydrolysis) is 1. The standard InChI is InChI=1S/C11H21NO4/c1-5-8(4)9(10(13)14)12-11(15)16-6-7(2)3/h7-9H,5-6H2,1-4H3,(H,12,15)(H,13,14). The van der Waals surface area contributed by atoms with Gasteiger partial charge in [-0.05, 0) is 11.8 Å². The quantitative estimate of drug-likeness (QED) is 0.731. The fourth-order valence-electron chi connectivity index (χ4n) is 1.09. The average molecular weight is 231 g/mol. The summed E-state index contributed by atoms with van der Waals surface area (Å²) in [6.07, 6.45) is 0.0166. The smallest absolute Gasteiger partial charge is 0.407 e. The van der Waals surface area contributed by atoms with Gasteiger partial charge in [0.15, 0.2) is 0 Å². The van der Waals surface area contributed by atoms with E-state index in [0.717, 1.165) is 0 Å². The molecule has 0 aliphatic heterocycles. The van der Waals surface area contributed by atoms with Gasteiger partial charge in [-0.1, -0.05) is 34.1 Å². The summed E-state index contributed by atoms with van der Waals surface area (Å²) in [6, 6.07) is -0.885. The lowest BCUT2D eigenvalue weighted by atomic mass is 10.00. The molecule has 0 aromatic carbocycles. The Labute approximate surface area is 96.2 Å². The minimum Gasteiger partial charge on any atom is -0.480 e. The minimum atomic E-state index is -1.03. The number of aliphatic carboxylic acids is 1. The molecule has 0 aliphatic rings. The van der Waals surface area contributed by atoms with Crippen molar-refractivity contribution in [3.05, 3.63) is 0 Å². The number of carboxylic acid groups (broad SMARTS) is 1. The van der Waals surface area contributed by atoms with Crippen molar-refractivity contribution in [3.63, 3.8) is 0 Å². The summed E-state index contributed by atoms with van der Waals surface area (Å²) >= 11 is 0. The molecule has 1 amide bonds. The summed E-state index contributed by atoms with van der Waals surface area (Å²) in [5.41, 5.74) is 0. The second-order valence-electron chi connectivity index (χ2n) is 4.34. The number of amides is 1. The van der Waals surface area contributed by atoms with E-state index in [2.05, 4.69) is 5.32 Å². The van der Waals surface area contributed by atoms with Crippen LogP contribution >= 0.6 is 0 Å². The number of ether oxygens (including phenoxy) is 1. The number of nitrogens with one attached hydrogen (secondary N) is 1. The third kappa shape index (κ3) is 5.58. The highest BCUT2D eigenvalue weighted by Crippen LogP contribution is 2.08. The van der Waals surface area contributed by atoms with E-state index in [-0.39, 0.29) is 11.8 Å². The van der Waals surface area contributed by atoms with Crippen molar-refractivity contribution >= 4 is 12.1 Å². The van der Waals surface area contributed by atoms with Gasteiger partial charge in [0.1, 0.15) is 6.04 Å². The van der Waals surface area contributed by atoms with Crippen molar-refractivity contribution < 1.29 is 19.4 Å². The second kappa shape index (κ2) is 7.09. The van der Waals surface area contributed by atoms with Gasteiger partial charge < -0.3 is 15.2 Å². The van der Waals surface area contributed by atoms with Crippen LogP contribution in [0, 0.1) is 11.8 Å². The maximum absolute atomic E-state index is 11.3. The number of carbonyl (C=O) groups excluding carboxylic acids is 1. The molecule has 0 radical (unpaired) electrons. The van der Waals surface area contributed by atoms with Gasteiger partial charge in [-0.2, -0.15) is 0 Å². The summed E-state index contributed by atoms with van der Waals surface area (Å²) in [5, 5.41) is 11.3. The van der Waals surface area contributed by atoms with E-state index in [4.69, 9.17) is 9.84 Å². The van der Waals surface area contributed by atoms with Crippen molar-refractivity contribution in [1.82, 2.24) is 5.32 Å². The zero-order valence-electron chi connectivity index (χ0n) is 10.3. The van der Waals surface area contributed by atoms with E-state index >= 15 is 0 Å². The van der Waals surface area contributed by atoms with Crippen molar-refractivity contribution in [2.24, 2.45) is 11.8 Å². The van der Waals surface area contributed by atoms with Crippen LogP contribution in [0.2, 0.25) is 0 Å². The lowest BCUT2D eigenvalue weighted by molar-refractivity contribution is -0.140. The third-order valence-electron chi connectivity index (χ3n) is 2.30. The Morgan fingerprint density at radius 2 is 1.88 bits per heavy atom. The molecule has 0 bridgehead atoms. The van der Waals surface area contributed by atoms with Gasteiger partial charge in [-0.25, -0.2) is 9.59 Å². The molecule has 0 saturated carbocycles. The first-order valence-corrected chi connectivity index (χ1v) is 5.54. The van der Waals surface area contributed by atoms with Gasteiger partial charge in [0.05, 0.1) is 6.61 Å². The van der Waals surface area contributed by atoms with E-state index in [0.29, 0.717) is 13.0 Å². The lowest BCUT2D eigenvalue weighted by Crippen LogP contribution is -2.45. The maximum Gasteiger partial charge on any atom is 0.407 e. The summed E-state index contributed by atoms with van der Waals surface area (Å²) in [5.74, 6) is -0.919. The molecule has 0 aliphatic carbocycles. The fourth-order valence-corrected chi connectivity index (χ4v) is 1.09. The molecule has 5 heteroatoms. The number of hydrogen-bond donors (Lipinski definition) is 2. The first-order valence-electron chi connectivity index (χ1n) is 5.54. The molecule has 0 aromatic rings. The zero-order chi connectivity index (χ0) is 12.7. The molecule has 0 fully saturated rings. The summed E-state index contributed by atoms with van der Waals surface area (Å²) in [7, 11) is 0. The van der Waals surface area contributed by atoms with Gasteiger partial charge in [0.2, 0.25) is 0 Å². The zero-order valence-corrected chi connectivity index (χ0v) is 10.3. The molecular formula is C11H21NO4. The summed E-state index contributed by atoms with van der Waals surface area (Å²) in [6.45, 7) is 7.77. The predicted octanol–water partition coefficient (Wildman–Crippen LogP) is 1.87. The Morgan fingerprint density at radius 3 is 2.25 bits per heavy atom. The van der Waals surface area contributed by atoms with Crippen LogP contribution in [0.4, 0.5) is 4.79 Å². The number of carbonyl (C=O) groups is 2. The van der Waals surface area contributed by atoms with Gasteiger partial charge in [-0.15, -0.1) is 0 Å². The molecule has 2 unspecified atom stereocenters. The maximum atomic E-state index is 11.3. The molecule has 2 atom stereocenters. The van der Waals surface area contributed by atoms with Crippen molar-refractivity contribution in [2.45, 2.75) is 40.2 Å². The van der Waals surface area contributed by atoms with Gasteiger partial charge >= 0.3 is 12.1 Å². The molecule has 0 rings (SSSR count). The van der Waals surface area contributed by atoms with E-state index in [1.807, 2.05) is 20.8 Å². The average Bonchev–Trinajstić information content (AvgIpc) is 2.21. The molecule has 2 N–H and O–H groups in total. The Kier molecular flexibility index (Phi) is 6.53. The number of carboxylic acids is 1. The SMILES string of the molecule is CCC(C)C(NC(=O)OCC(C)C)C(=O)O. The Bertz CT molecular complexity index is 240. The van der Waals surface area contributed by atoms with Crippen LogP contribution in [0.25, 0.3) is 0 Å². The van der Waals surface area contributed by atoms with Crippen LogP contribution in [-0.2, 0) is 9.53 Å². The first kappa shape index (κ1) is 14.7. The largest absolute Gasteiger partial charge is 0.480 e. The van der Waals surface area contributed by atoms with E-state index in [1.54, 1.807) is 6.92 Å². The Morgan fingerprint density at radius 1 is 1.31 bits per heavy atom. The number of hydrogen-bond acceptors (Lipinski definition) is 3. The second-order valence-corrected chi connectivity index (χ2v) is 4.34. The third-order valence-corrected chi connectivity index (χ3v) is 2.30. The van der Waals surface area contributed by atoms with Crippen LogP contribution in [0.3, 0.4) is 0 Å². The molecule has 0 aromatic heterocycles. The topological polar surface area (TPSA) is 75.6 Å². The summed E-state index contributed by atoms with van der Waals surface area (Å²) < 4.78 is 4.87. The van der Waals surface area contributed by atoms with Crippen LogP contribution in [0.5, 0.6) is 0 Å². The molecule has 0 saturated heterocycles. The normalized spacial score (nSPS) is 14.3. The van der Waals surface area contributed by atoms with Crippen molar-refractivity contribution in [3.8, 4) is 0 Å². The highest BCUT2D eigenvalue weighted by molar-refractivity contribution is 5.80. The highest BCUT2D eigenvalue weighted by Gasteiger charge is 2.25. The molecule has 16 heavy (non-hydrogen) atoms. The number of rotatable bonds is 6. The first-order chi connectivity index (χ1) is 7.38. The Balaban J connectivity index is 4.19. The van der Waals surface area contributed by atoms with Crippen LogP contribution in [-0.4, -0.2) is 29.8 Å². The fraction of sp³-hybridized carbons (Fsp3) is 0.818. The van der Waals surface area contributed by atoms with Gasteiger partial charge in [-0.3, -0.25) is 0 Å². The van der Waals surface area contributed by atoms with Crippen LogP contribution in [0.1, 0.15) is 34.1 Å². The van der Waals surface area contributed by atoms with Gasteiger partial charge in [0, 0.05) is 0 Å². The molecule has 94 valence electrons. The minimum absolute atomic E-state index is 0.121. The Hall–Kier alpha value is -1.26. The molecule has 0 spiro atoms. The lowest BCUT2D eigenvalue weighted by Gasteiger charge is -2.20. The monoisotopic (exact) mass is 231 g/mol. The van der Waals surface area contributed by atoms with Crippen molar-refractivity contribution in [2.75, 3.05) is 6.61 Å². The van der Waals surface area contributed by atoms with Crippen LogP contribution < -0.4 is 5.32 Å². The van der Waals surface area contributed by atoms with E-state index in [1.165, 1.54) is 0 Å². The summed E-state index contributed by atoms with van der Waals surface area (Å²) in [4.78, 5) is 22.2. The molecular weight excluding hydrogens is 210 g/mol.